The summed E-state index contributed by atoms with van der Waals surface area (Å²) in [4.78, 5) is 24.8. The van der Waals surface area contributed by atoms with Crippen LogP contribution in [0.4, 0.5) is 0 Å². The zero-order chi connectivity index (χ0) is 17.9. The molecule has 5 nitrogen and oxygen atoms in total. The van der Waals surface area contributed by atoms with Gasteiger partial charge >= 0.3 is 0 Å². The lowest BCUT2D eigenvalue weighted by Gasteiger charge is -2.23. The van der Waals surface area contributed by atoms with Gasteiger partial charge in [-0.3, -0.25) is 9.59 Å². The van der Waals surface area contributed by atoms with Gasteiger partial charge in [-0.05, 0) is 56.1 Å². The molecule has 134 valence electrons. The van der Waals surface area contributed by atoms with E-state index in [0.717, 1.165) is 54.8 Å². The van der Waals surface area contributed by atoms with Gasteiger partial charge in [-0.25, -0.2) is 4.31 Å². The van der Waals surface area contributed by atoms with Crippen LogP contribution in [0.1, 0.15) is 36.2 Å². The fourth-order valence-corrected chi connectivity index (χ4v) is 3.59. The van der Waals surface area contributed by atoms with Crippen molar-refractivity contribution in [3.05, 3.63) is 29.3 Å². The first kappa shape index (κ1) is 20.7. The Morgan fingerprint density at radius 1 is 1.25 bits per heavy atom. The second kappa shape index (κ2) is 11.2. The SMILES string of the molecule is CC(C)CN(CCCNC=O)Sc1ccc(C=O)c(CN(C)C)c1. The molecule has 0 heterocycles. The lowest BCUT2D eigenvalue weighted by atomic mass is 10.1. The average Bonchev–Trinajstić information content (AvgIpc) is 2.50. The monoisotopic (exact) mass is 351 g/mol. The average molecular weight is 352 g/mol. The van der Waals surface area contributed by atoms with Crippen LogP contribution in [0, 0.1) is 5.92 Å². The highest BCUT2D eigenvalue weighted by atomic mass is 32.2. The van der Waals surface area contributed by atoms with Gasteiger partial charge in [-0.2, -0.15) is 0 Å². The zero-order valence-corrected chi connectivity index (χ0v) is 15.9. The molecular weight excluding hydrogens is 322 g/mol. The molecule has 0 aliphatic heterocycles. The summed E-state index contributed by atoms with van der Waals surface area (Å²) in [6.45, 7) is 7.71. The largest absolute Gasteiger partial charge is 0.359 e. The van der Waals surface area contributed by atoms with E-state index in [4.69, 9.17) is 0 Å². The predicted octanol–water partition coefficient (Wildman–Crippen LogP) is 2.66. The van der Waals surface area contributed by atoms with Crippen LogP contribution in [-0.4, -0.2) is 55.6 Å². The minimum absolute atomic E-state index is 0.562. The zero-order valence-electron chi connectivity index (χ0n) is 15.1. The number of benzene rings is 1. The third-order valence-corrected chi connectivity index (χ3v) is 4.40. The van der Waals surface area contributed by atoms with Gasteiger partial charge in [-0.15, -0.1) is 0 Å². The quantitative estimate of drug-likeness (QED) is 0.356. The molecule has 0 bridgehead atoms. The van der Waals surface area contributed by atoms with E-state index >= 15 is 0 Å². The Kier molecular flexibility index (Phi) is 9.67. The molecule has 0 radical (unpaired) electrons. The van der Waals surface area contributed by atoms with Crippen molar-refractivity contribution in [1.82, 2.24) is 14.5 Å². The van der Waals surface area contributed by atoms with Crippen LogP contribution in [-0.2, 0) is 11.3 Å². The predicted molar refractivity (Wildman–Crippen MR) is 100 cm³/mol. The fourth-order valence-electron chi connectivity index (χ4n) is 2.38. The van der Waals surface area contributed by atoms with Crippen molar-refractivity contribution in [2.24, 2.45) is 5.92 Å². The van der Waals surface area contributed by atoms with Gasteiger partial charge in [0.05, 0.1) is 0 Å². The topological polar surface area (TPSA) is 52.7 Å². The molecule has 24 heavy (non-hydrogen) atoms. The number of carbonyl (C=O) groups is 2. The normalized spacial score (nSPS) is 11.3. The smallest absolute Gasteiger partial charge is 0.207 e. The fraction of sp³-hybridized carbons (Fsp3) is 0.556. The van der Waals surface area contributed by atoms with E-state index in [1.165, 1.54) is 0 Å². The van der Waals surface area contributed by atoms with Crippen molar-refractivity contribution < 1.29 is 9.59 Å². The molecule has 0 atom stereocenters. The van der Waals surface area contributed by atoms with Gasteiger partial charge in [0.1, 0.15) is 6.29 Å². The van der Waals surface area contributed by atoms with Crippen molar-refractivity contribution in [2.45, 2.75) is 31.7 Å². The Morgan fingerprint density at radius 2 is 2.00 bits per heavy atom. The molecule has 1 N–H and O–H groups in total. The summed E-state index contributed by atoms with van der Waals surface area (Å²) >= 11 is 1.72. The summed E-state index contributed by atoms with van der Waals surface area (Å²) in [5, 5.41) is 2.71. The lowest BCUT2D eigenvalue weighted by molar-refractivity contribution is -0.109. The van der Waals surface area contributed by atoms with Crippen molar-refractivity contribution in [3.63, 3.8) is 0 Å². The highest BCUT2D eigenvalue weighted by Gasteiger charge is 2.11. The molecule has 0 aromatic heterocycles. The highest BCUT2D eigenvalue weighted by molar-refractivity contribution is 7.97. The van der Waals surface area contributed by atoms with Crippen molar-refractivity contribution >= 4 is 24.6 Å². The molecule has 0 saturated carbocycles. The summed E-state index contributed by atoms with van der Waals surface area (Å²) in [7, 11) is 4.00. The molecule has 0 spiro atoms. The molecule has 1 amide bonds. The molecule has 0 aliphatic rings. The maximum Gasteiger partial charge on any atom is 0.207 e. The van der Waals surface area contributed by atoms with E-state index in [0.29, 0.717) is 12.5 Å². The minimum atomic E-state index is 0.562. The number of amides is 1. The van der Waals surface area contributed by atoms with Crippen LogP contribution in [0.25, 0.3) is 0 Å². The first-order valence-corrected chi connectivity index (χ1v) is 9.06. The number of nitrogens with one attached hydrogen (secondary N) is 1. The Labute approximate surface area is 149 Å². The first-order valence-electron chi connectivity index (χ1n) is 8.29. The third kappa shape index (κ3) is 7.95. The van der Waals surface area contributed by atoms with E-state index in [1.807, 2.05) is 26.2 Å². The number of hydrogen-bond acceptors (Lipinski definition) is 5. The maximum atomic E-state index is 11.2. The van der Waals surface area contributed by atoms with Crippen LogP contribution in [0.5, 0.6) is 0 Å². The van der Waals surface area contributed by atoms with E-state index in [2.05, 4.69) is 34.4 Å². The molecule has 1 rings (SSSR count). The minimum Gasteiger partial charge on any atom is -0.359 e. The number of rotatable bonds is 12. The van der Waals surface area contributed by atoms with Crippen molar-refractivity contribution in [3.8, 4) is 0 Å². The molecule has 0 unspecified atom stereocenters. The van der Waals surface area contributed by atoms with E-state index in [9.17, 15) is 9.59 Å². The van der Waals surface area contributed by atoms with Crippen LogP contribution < -0.4 is 5.32 Å². The number of aldehydes is 1. The van der Waals surface area contributed by atoms with E-state index < -0.39 is 0 Å². The van der Waals surface area contributed by atoms with Gasteiger partial charge in [0.2, 0.25) is 6.41 Å². The first-order chi connectivity index (χ1) is 11.5. The number of carbonyl (C=O) groups excluding carboxylic acids is 2. The Morgan fingerprint density at radius 3 is 2.58 bits per heavy atom. The molecule has 6 heteroatoms. The Balaban J connectivity index is 2.79. The lowest BCUT2D eigenvalue weighted by Crippen LogP contribution is -2.25. The van der Waals surface area contributed by atoms with E-state index in [-0.39, 0.29) is 0 Å². The summed E-state index contributed by atoms with van der Waals surface area (Å²) in [6.07, 6.45) is 2.57. The standard InChI is InChI=1S/C18H29N3O2S/c1-15(2)11-21(9-5-8-19-14-23)24-18-7-6-16(13-22)17(10-18)12-20(3)4/h6-7,10,13-15H,5,8-9,11-12H2,1-4H3,(H,19,23). The summed E-state index contributed by atoms with van der Waals surface area (Å²) < 4.78 is 2.33. The summed E-state index contributed by atoms with van der Waals surface area (Å²) in [5.41, 5.74) is 1.80. The molecular formula is C18H29N3O2S. The molecule has 0 fully saturated rings. The van der Waals surface area contributed by atoms with Crippen LogP contribution in [0.15, 0.2) is 23.1 Å². The second-order valence-electron chi connectivity index (χ2n) is 6.51. The Hall–Kier alpha value is -1.37. The number of nitrogens with zero attached hydrogens (tertiary/aromatic N) is 2. The van der Waals surface area contributed by atoms with Crippen LogP contribution >= 0.6 is 11.9 Å². The van der Waals surface area contributed by atoms with Crippen molar-refractivity contribution in [2.75, 3.05) is 33.7 Å². The van der Waals surface area contributed by atoms with Crippen LogP contribution in [0.2, 0.25) is 0 Å². The molecule has 1 aromatic carbocycles. The maximum absolute atomic E-state index is 11.2. The van der Waals surface area contributed by atoms with Crippen LogP contribution in [0.3, 0.4) is 0 Å². The van der Waals surface area contributed by atoms with Gasteiger partial charge < -0.3 is 10.2 Å². The van der Waals surface area contributed by atoms with Gasteiger partial charge in [0.25, 0.3) is 0 Å². The van der Waals surface area contributed by atoms with Gasteiger partial charge in [-0.1, -0.05) is 19.9 Å². The second-order valence-corrected chi connectivity index (χ2v) is 7.69. The summed E-state index contributed by atoms with van der Waals surface area (Å²) in [6, 6.07) is 6.01. The number of hydrogen-bond donors (Lipinski definition) is 1. The van der Waals surface area contributed by atoms with E-state index in [1.54, 1.807) is 11.9 Å². The third-order valence-electron chi connectivity index (χ3n) is 3.34. The Bertz CT molecular complexity index is 521. The molecule has 1 aromatic rings. The van der Waals surface area contributed by atoms with Crippen molar-refractivity contribution in [1.29, 1.82) is 0 Å². The van der Waals surface area contributed by atoms with Gasteiger partial charge in [0, 0.05) is 36.6 Å². The molecule has 0 aliphatic carbocycles. The highest BCUT2D eigenvalue weighted by Crippen LogP contribution is 2.26. The van der Waals surface area contributed by atoms with Gasteiger partial charge in [0.15, 0.2) is 0 Å². The molecule has 0 saturated heterocycles. The summed E-state index contributed by atoms with van der Waals surface area (Å²) in [5.74, 6) is 0.562.